The van der Waals surface area contributed by atoms with Gasteiger partial charge in [0, 0.05) is 32.0 Å². The number of rotatable bonds is 5. The molecule has 7 heteroatoms. The number of nitrogens with two attached hydrogens (primary N) is 1. The summed E-state index contributed by atoms with van der Waals surface area (Å²) in [6, 6.07) is 4.02. The van der Waals surface area contributed by atoms with Crippen molar-refractivity contribution < 1.29 is 4.79 Å². The second-order valence-electron chi connectivity index (χ2n) is 5.05. The molecule has 0 unspecified atom stereocenters. The van der Waals surface area contributed by atoms with Gasteiger partial charge in [-0.15, -0.1) is 0 Å². The summed E-state index contributed by atoms with van der Waals surface area (Å²) in [5, 5.41) is 3.82. The van der Waals surface area contributed by atoms with Crippen LogP contribution >= 0.6 is 11.3 Å². The molecule has 0 atom stereocenters. The van der Waals surface area contributed by atoms with Crippen LogP contribution in [0.25, 0.3) is 0 Å². The van der Waals surface area contributed by atoms with E-state index >= 15 is 0 Å². The fourth-order valence-electron chi connectivity index (χ4n) is 1.80. The van der Waals surface area contributed by atoms with Crippen LogP contribution in [-0.4, -0.2) is 33.9 Å². The van der Waals surface area contributed by atoms with E-state index in [1.807, 2.05) is 26.0 Å². The van der Waals surface area contributed by atoms with E-state index in [4.69, 9.17) is 5.73 Å². The van der Waals surface area contributed by atoms with Crippen LogP contribution in [0.2, 0.25) is 0 Å². The second-order valence-corrected chi connectivity index (χ2v) is 6.05. The second kappa shape index (κ2) is 6.53. The first-order valence-corrected chi connectivity index (χ1v) is 7.46. The minimum Gasteiger partial charge on any atom is -0.382 e. The molecule has 0 spiro atoms. The highest BCUT2D eigenvalue weighted by Crippen LogP contribution is 2.26. The van der Waals surface area contributed by atoms with Crippen molar-refractivity contribution in [2.75, 3.05) is 18.1 Å². The molecule has 2 heterocycles. The molecule has 2 aromatic rings. The molecule has 0 bridgehead atoms. The Hall–Kier alpha value is -2.15. The summed E-state index contributed by atoms with van der Waals surface area (Å²) in [5.74, 6) is 0.136. The normalized spacial score (nSPS) is 10.7. The summed E-state index contributed by atoms with van der Waals surface area (Å²) in [7, 11) is 1.74. The highest BCUT2D eigenvalue weighted by atomic mass is 32.1. The third kappa shape index (κ3) is 3.91. The van der Waals surface area contributed by atoms with Gasteiger partial charge >= 0.3 is 0 Å². The molecule has 0 aliphatic rings. The van der Waals surface area contributed by atoms with Crippen LogP contribution in [0.4, 0.5) is 10.9 Å². The highest BCUT2D eigenvalue weighted by Gasteiger charge is 2.20. The zero-order valence-corrected chi connectivity index (χ0v) is 13.1. The number of hydrogen-bond donors (Lipinski definition) is 2. The van der Waals surface area contributed by atoms with Crippen LogP contribution in [0.15, 0.2) is 24.5 Å². The molecule has 112 valence electrons. The molecular weight excluding hydrogens is 286 g/mol. The number of nitrogens with one attached hydrogen (secondary N) is 1. The number of nitrogen functional groups attached to an aromatic ring is 1. The number of carbonyl (C=O) groups is 1. The number of anilines is 2. The lowest BCUT2D eigenvalue weighted by Crippen LogP contribution is -2.26. The molecular formula is C14H19N5OS. The first kappa shape index (κ1) is 15.2. The first-order valence-electron chi connectivity index (χ1n) is 6.64. The number of nitrogens with zero attached hydrogens (tertiary/aromatic N) is 3. The predicted molar refractivity (Wildman–Crippen MR) is 85.3 cm³/mol. The Balaban J connectivity index is 2.10. The van der Waals surface area contributed by atoms with Gasteiger partial charge in [0.1, 0.15) is 10.7 Å². The van der Waals surface area contributed by atoms with Crippen LogP contribution in [0, 0.1) is 0 Å². The Morgan fingerprint density at radius 3 is 2.90 bits per heavy atom. The van der Waals surface area contributed by atoms with Crippen molar-refractivity contribution in [2.24, 2.45) is 0 Å². The van der Waals surface area contributed by atoms with E-state index in [2.05, 4.69) is 15.3 Å². The van der Waals surface area contributed by atoms with Crippen LogP contribution in [-0.2, 0) is 6.54 Å². The molecule has 0 saturated heterocycles. The molecule has 0 radical (unpaired) electrons. The summed E-state index contributed by atoms with van der Waals surface area (Å²) < 4.78 is 0. The van der Waals surface area contributed by atoms with E-state index < -0.39 is 0 Å². The molecule has 6 nitrogen and oxygen atoms in total. The number of amides is 1. The Morgan fingerprint density at radius 1 is 1.52 bits per heavy atom. The van der Waals surface area contributed by atoms with Gasteiger partial charge in [0.15, 0.2) is 5.13 Å². The minimum absolute atomic E-state index is 0.134. The van der Waals surface area contributed by atoms with Crippen LogP contribution in [0.1, 0.15) is 29.1 Å². The van der Waals surface area contributed by atoms with Crippen molar-refractivity contribution >= 4 is 28.2 Å². The standard InChI is InChI=1S/C14H19N5OS/c1-9(2)17-14-18-12(15)11(21-14)13(20)19(3)8-10-5-4-6-16-7-10/h4-7,9H,8,15H2,1-3H3,(H,17,18). The van der Waals surface area contributed by atoms with Gasteiger partial charge in [0.2, 0.25) is 0 Å². The Kier molecular flexibility index (Phi) is 4.74. The molecule has 0 aromatic carbocycles. The number of thiazole rings is 1. The number of aromatic nitrogens is 2. The quantitative estimate of drug-likeness (QED) is 0.885. The van der Waals surface area contributed by atoms with Gasteiger partial charge in [-0.05, 0) is 25.5 Å². The maximum absolute atomic E-state index is 12.4. The molecule has 1 amide bonds. The van der Waals surface area contributed by atoms with E-state index in [1.54, 1.807) is 24.3 Å². The summed E-state index contributed by atoms with van der Waals surface area (Å²) in [6.45, 7) is 4.50. The first-order chi connectivity index (χ1) is 9.97. The molecule has 2 rings (SSSR count). The zero-order chi connectivity index (χ0) is 15.4. The lowest BCUT2D eigenvalue weighted by Gasteiger charge is -2.16. The highest BCUT2D eigenvalue weighted by molar-refractivity contribution is 7.18. The van der Waals surface area contributed by atoms with Crippen LogP contribution < -0.4 is 11.1 Å². The third-order valence-electron chi connectivity index (χ3n) is 2.75. The van der Waals surface area contributed by atoms with E-state index in [0.717, 1.165) is 5.56 Å². The largest absolute Gasteiger partial charge is 0.382 e. The lowest BCUT2D eigenvalue weighted by molar-refractivity contribution is 0.0790. The number of hydrogen-bond acceptors (Lipinski definition) is 6. The van der Waals surface area contributed by atoms with Gasteiger partial charge < -0.3 is 16.0 Å². The molecule has 0 aliphatic carbocycles. The summed E-state index contributed by atoms with van der Waals surface area (Å²) in [5.41, 5.74) is 6.82. The van der Waals surface area contributed by atoms with E-state index in [0.29, 0.717) is 16.6 Å². The average molecular weight is 305 g/mol. The minimum atomic E-state index is -0.134. The molecule has 2 aromatic heterocycles. The maximum atomic E-state index is 12.4. The fraction of sp³-hybridized carbons (Fsp3) is 0.357. The summed E-state index contributed by atoms with van der Waals surface area (Å²) in [4.78, 5) is 22.7. The van der Waals surface area contributed by atoms with Gasteiger partial charge in [-0.25, -0.2) is 4.98 Å². The summed E-state index contributed by atoms with van der Waals surface area (Å²) >= 11 is 1.28. The molecule has 3 N–H and O–H groups in total. The maximum Gasteiger partial charge on any atom is 0.267 e. The van der Waals surface area contributed by atoms with Crippen LogP contribution in [0.5, 0.6) is 0 Å². The predicted octanol–water partition coefficient (Wildman–Crippen LogP) is 2.21. The van der Waals surface area contributed by atoms with E-state index in [9.17, 15) is 4.79 Å². The van der Waals surface area contributed by atoms with Crippen molar-refractivity contribution in [3.8, 4) is 0 Å². The Bertz CT molecular complexity index is 611. The van der Waals surface area contributed by atoms with Crippen LogP contribution in [0.3, 0.4) is 0 Å². The van der Waals surface area contributed by atoms with Gasteiger partial charge in [0.05, 0.1) is 0 Å². The molecule has 21 heavy (non-hydrogen) atoms. The van der Waals surface area contributed by atoms with Crippen molar-refractivity contribution in [2.45, 2.75) is 26.4 Å². The lowest BCUT2D eigenvalue weighted by atomic mass is 10.2. The third-order valence-corrected chi connectivity index (χ3v) is 3.74. The van der Waals surface area contributed by atoms with Crippen molar-refractivity contribution in [3.63, 3.8) is 0 Å². The molecule has 0 fully saturated rings. The number of carbonyl (C=O) groups excluding carboxylic acids is 1. The Labute approximate surface area is 128 Å². The van der Waals surface area contributed by atoms with Gasteiger partial charge in [-0.3, -0.25) is 9.78 Å². The monoisotopic (exact) mass is 305 g/mol. The average Bonchev–Trinajstić information content (AvgIpc) is 2.78. The van der Waals surface area contributed by atoms with Crippen molar-refractivity contribution in [3.05, 3.63) is 35.0 Å². The van der Waals surface area contributed by atoms with Crippen molar-refractivity contribution in [1.29, 1.82) is 0 Å². The molecule has 0 saturated carbocycles. The van der Waals surface area contributed by atoms with Gasteiger partial charge in [-0.1, -0.05) is 17.4 Å². The molecule has 0 aliphatic heterocycles. The van der Waals surface area contributed by atoms with Crippen molar-refractivity contribution in [1.82, 2.24) is 14.9 Å². The topological polar surface area (TPSA) is 84.1 Å². The van der Waals surface area contributed by atoms with E-state index in [1.165, 1.54) is 11.3 Å². The smallest absolute Gasteiger partial charge is 0.267 e. The zero-order valence-electron chi connectivity index (χ0n) is 12.3. The summed E-state index contributed by atoms with van der Waals surface area (Å²) in [6.07, 6.45) is 3.45. The van der Waals surface area contributed by atoms with Gasteiger partial charge in [-0.2, -0.15) is 0 Å². The number of pyridine rings is 1. The fourth-order valence-corrected chi connectivity index (χ4v) is 2.83. The van der Waals surface area contributed by atoms with Gasteiger partial charge in [0.25, 0.3) is 5.91 Å². The Morgan fingerprint density at radius 2 is 2.29 bits per heavy atom. The SMILES string of the molecule is CC(C)Nc1nc(N)c(C(=O)N(C)Cc2cccnc2)s1. The van der Waals surface area contributed by atoms with E-state index in [-0.39, 0.29) is 17.8 Å².